The normalized spacial score (nSPS) is 11.8. The van der Waals surface area contributed by atoms with Crippen molar-refractivity contribution >= 4 is 39.7 Å². The van der Waals surface area contributed by atoms with E-state index in [2.05, 4.69) is 21.7 Å². The molecule has 4 rings (SSSR count). The van der Waals surface area contributed by atoms with Crippen LogP contribution in [0.2, 0.25) is 5.02 Å². The first kappa shape index (κ1) is 20.2. The standard InChI is InChI=1S/C23H20ClN3O2S/c1-14-6-3-10-20(25-14)26-21(16-7-4-8-17(24)13-16)18-12-15(2)30-23(18)27-22(28)19-9-5-11-29-19/h3-13,21H,1-2H3,(H,25,26)(H,27,28)/t21-/m0/s1. The van der Waals surface area contributed by atoms with Gasteiger partial charge < -0.3 is 15.1 Å². The van der Waals surface area contributed by atoms with Crippen molar-refractivity contribution in [1.82, 2.24) is 4.98 Å². The van der Waals surface area contributed by atoms with Crippen LogP contribution in [0.5, 0.6) is 0 Å². The van der Waals surface area contributed by atoms with Gasteiger partial charge in [0.25, 0.3) is 5.91 Å². The number of hydrogen-bond acceptors (Lipinski definition) is 5. The largest absolute Gasteiger partial charge is 0.459 e. The van der Waals surface area contributed by atoms with Crippen LogP contribution in [0.25, 0.3) is 0 Å². The Kier molecular flexibility index (Phi) is 5.88. The highest BCUT2D eigenvalue weighted by atomic mass is 35.5. The Hall–Kier alpha value is -3.09. The third kappa shape index (κ3) is 4.56. The maximum atomic E-state index is 12.6. The van der Waals surface area contributed by atoms with Crippen LogP contribution >= 0.6 is 22.9 Å². The highest BCUT2D eigenvalue weighted by Crippen LogP contribution is 2.38. The number of anilines is 2. The Balaban J connectivity index is 1.74. The fourth-order valence-electron chi connectivity index (χ4n) is 3.22. The average molecular weight is 438 g/mol. The van der Waals surface area contributed by atoms with Crippen molar-refractivity contribution in [3.05, 3.63) is 99.4 Å². The molecule has 30 heavy (non-hydrogen) atoms. The maximum absolute atomic E-state index is 12.6. The van der Waals surface area contributed by atoms with Crippen LogP contribution in [-0.4, -0.2) is 10.9 Å². The Bertz CT molecular complexity index is 1170. The number of hydrogen-bond donors (Lipinski definition) is 2. The predicted molar refractivity (Wildman–Crippen MR) is 122 cm³/mol. The summed E-state index contributed by atoms with van der Waals surface area (Å²) in [6, 6.07) is 18.6. The molecule has 5 nitrogen and oxygen atoms in total. The fraction of sp³-hybridized carbons (Fsp3) is 0.130. The van der Waals surface area contributed by atoms with Gasteiger partial charge in [-0.15, -0.1) is 11.3 Å². The van der Waals surface area contributed by atoms with Gasteiger partial charge in [0.1, 0.15) is 10.8 Å². The lowest BCUT2D eigenvalue weighted by molar-refractivity contribution is 0.0997. The van der Waals surface area contributed by atoms with Gasteiger partial charge in [0, 0.05) is 21.2 Å². The number of halogens is 1. The molecule has 1 amide bonds. The SMILES string of the molecule is Cc1cccc(N[C@@H](c2cccc(Cl)c2)c2cc(C)sc2NC(=O)c2ccco2)n1. The monoisotopic (exact) mass is 437 g/mol. The summed E-state index contributed by atoms with van der Waals surface area (Å²) in [4.78, 5) is 18.3. The Morgan fingerprint density at radius 2 is 1.93 bits per heavy atom. The van der Waals surface area contributed by atoms with E-state index < -0.39 is 0 Å². The number of pyridine rings is 1. The molecule has 0 radical (unpaired) electrons. The van der Waals surface area contributed by atoms with Gasteiger partial charge >= 0.3 is 0 Å². The quantitative estimate of drug-likeness (QED) is 0.363. The molecule has 0 saturated heterocycles. The highest BCUT2D eigenvalue weighted by molar-refractivity contribution is 7.16. The van der Waals surface area contributed by atoms with Gasteiger partial charge in [-0.25, -0.2) is 4.98 Å². The molecule has 152 valence electrons. The number of thiophene rings is 1. The van der Waals surface area contributed by atoms with Gasteiger partial charge in [-0.2, -0.15) is 0 Å². The minimum Gasteiger partial charge on any atom is -0.459 e. The zero-order valence-electron chi connectivity index (χ0n) is 16.5. The van der Waals surface area contributed by atoms with Crippen LogP contribution in [0, 0.1) is 13.8 Å². The summed E-state index contributed by atoms with van der Waals surface area (Å²) in [5.41, 5.74) is 2.82. The summed E-state index contributed by atoms with van der Waals surface area (Å²) in [5, 5.41) is 7.88. The van der Waals surface area contributed by atoms with E-state index in [0.29, 0.717) is 5.02 Å². The number of aromatic nitrogens is 1. The molecular weight excluding hydrogens is 418 g/mol. The van der Waals surface area contributed by atoms with Crippen molar-refractivity contribution < 1.29 is 9.21 Å². The Morgan fingerprint density at radius 1 is 1.10 bits per heavy atom. The van der Waals surface area contributed by atoms with Gasteiger partial charge in [0.15, 0.2) is 5.76 Å². The van der Waals surface area contributed by atoms with E-state index in [1.165, 1.54) is 17.6 Å². The highest BCUT2D eigenvalue weighted by Gasteiger charge is 2.23. The van der Waals surface area contributed by atoms with Crippen molar-refractivity contribution in [2.45, 2.75) is 19.9 Å². The van der Waals surface area contributed by atoms with Crippen LogP contribution in [0.1, 0.15) is 38.3 Å². The number of rotatable bonds is 6. The number of carbonyl (C=O) groups excluding carboxylic acids is 1. The predicted octanol–water partition coefficient (Wildman–Crippen LogP) is 6.46. The zero-order chi connectivity index (χ0) is 21.1. The van der Waals surface area contributed by atoms with Gasteiger partial charge in [-0.1, -0.05) is 29.8 Å². The van der Waals surface area contributed by atoms with Gasteiger partial charge in [0.05, 0.1) is 12.3 Å². The number of carbonyl (C=O) groups is 1. The summed E-state index contributed by atoms with van der Waals surface area (Å²) in [5.74, 6) is 0.716. The second-order valence-electron chi connectivity index (χ2n) is 6.87. The summed E-state index contributed by atoms with van der Waals surface area (Å²) in [6.45, 7) is 3.96. The van der Waals surface area contributed by atoms with Crippen molar-refractivity contribution in [3.8, 4) is 0 Å². The van der Waals surface area contributed by atoms with Crippen LogP contribution < -0.4 is 10.6 Å². The first-order valence-corrected chi connectivity index (χ1v) is 10.6. The number of aryl methyl sites for hydroxylation is 2. The molecule has 2 N–H and O–H groups in total. The molecule has 4 aromatic rings. The van der Waals surface area contributed by atoms with E-state index in [1.54, 1.807) is 12.1 Å². The lowest BCUT2D eigenvalue weighted by atomic mass is 10.00. The lowest BCUT2D eigenvalue weighted by Gasteiger charge is -2.21. The third-order valence-corrected chi connectivity index (χ3v) is 5.75. The number of nitrogens with zero attached hydrogens (tertiary/aromatic N) is 1. The van der Waals surface area contributed by atoms with Crippen molar-refractivity contribution in [2.75, 3.05) is 10.6 Å². The zero-order valence-corrected chi connectivity index (χ0v) is 18.1. The fourth-order valence-corrected chi connectivity index (χ4v) is 4.36. The summed E-state index contributed by atoms with van der Waals surface area (Å²) in [6.07, 6.45) is 1.48. The molecule has 3 aromatic heterocycles. The minimum atomic E-state index is -0.290. The molecule has 1 atom stereocenters. The second-order valence-corrected chi connectivity index (χ2v) is 8.56. The second kappa shape index (κ2) is 8.73. The Morgan fingerprint density at radius 3 is 2.67 bits per heavy atom. The molecule has 0 fully saturated rings. The van der Waals surface area contributed by atoms with Crippen molar-refractivity contribution in [2.24, 2.45) is 0 Å². The minimum absolute atomic E-state index is 0.255. The van der Waals surface area contributed by atoms with E-state index >= 15 is 0 Å². The first-order valence-electron chi connectivity index (χ1n) is 9.40. The molecule has 0 spiro atoms. The average Bonchev–Trinajstić information content (AvgIpc) is 3.36. The molecule has 0 unspecified atom stereocenters. The number of nitrogens with one attached hydrogen (secondary N) is 2. The molecule has 0 saturated carbocycles. The van der Waals surface area contributed by atoms with E-state index in [9.17, 15) is 4.79 Å². The number of amides is 1. The molecule has 0 aliphatic rings. The molecule has 7 heteroatoms. The molecular formula is C23H20ClN3O2S. The van der Waals surface area contributed by atoms with Crippen molar-refractivity contribution in [3.63, 3.8) is 0 Å². The summed E-state index contributed by atoms with van der Waals surface area (Å²) < 4.78 is 5.23. The van der Waals surface area contributed by atoms with E-state index in [4.69, 9.17) is 16.0 Å². The van der Waals surface area contributed by atoms with Crippen LogP contribution in [0.15, 0.2) is 71.3 Å². The number of furan rings is 1. The smallest absolute Gasteiger partial charge is 0.291 e. The maximum Gasteiger partial charge on any atom is 0.291 e. The van der Waals surface area contributed by atoms with Gasteiger partial charge in [0.2, 0.25) is 0 Å². The molecule has 1 aromatic carbocycles. The summed E-state index contributed by atoms with van der Waals surface area (Å²) >= 11 is 7.79. The molecule has 0 bridgehead atoms. The van der Waals surface area contributed by atoms with Gasteiger partial charge in [-0.3, -0.25) is 4.79 Å². The molecule has 0 aliphatic carbocycles. The van der Waals surface area contributed by atoms with Crippen LogP contribution in [-0.2, 0) is 0 Å². The van der Waals surface area contributed by atoms with Gasteiger partial charge in [-0.05, 0) is 61.9 Å². The summed E-state index contributed by atoms with van der Waals surface area (Å²) in [7, 11) is 0. The van der Waals surface area contributed by atoms with Crippen molar-refractivity contribution in [1.29, 1.82) is 0 Å². The topological polar surface area (TPSA) is 67.2 Å². The van der Waals surface area contributed by atoms with Crippen LogP contribution in [0.4, 0.5) is 10.8 Å². The van der Waals surface area contributed by atoms with E-state index in [-0.39, 0.29) is 17.7 Å². The number of benzene rings is 1. The first-order chi connectivity index (χ1) is 14.5. The van der Waals surface area contributed by atoms with E-state index in [0.717, 1.165) is 32.5 Å². The molecule has 0 aliphatic heterocycles. The lowest BCUT2D eigenvalue weighted by Crippen LogP contribution is -2.17. The van der Waals surface area contributed by atoms with Crippen LogP contribution in [0.3, 0.4) is 0 Å². The molecule has 3 heterocycles. The Labute approximate surface area is 183 Å². The van der Waals surface area contributed by atoms with E-state index in [1.807, 2.05) is 56.3 Å². The third-order valence-electron chi connectivity index (χ3n) is 4.53.